The standard InChI is InChI=1S/C30H32N2O8/c33-27(34)14-7-8-17-32-30(38)40-26-19-23(21-10-3-1-4-11-21)25(18-24(26)22-12-5-2-6-13-22)39-29(37)15-9-16-31-20-28(35)36/h1-6,10-13,18-19,31H,7-9,14-17,20H2,(H,32,38)(H,33,34)(H,35,36). The highest BCUT2D eigenvalue weighted by atomic mass is 16.6. The summed E-state index contributed by atoms with van der Waals surface area (Å²) in [5, 5.41) is 22.9. The first-order chi connectivity index (χ1) is 19.3. The lowest BCUT2D eigenvalue weighted by Gasteiger charge is -2.17. The van der Waals surface area contributed by atoms with Gasteiger partial charge in [-0.05, 0) is 49.1 Å². The summed E-state index contributed by atoms with van der Waals surface area (Å²) in [4.78, 5) is 46.7. The van der Waals surface area contributed by atoms with Crippen molar-refractivity contribution in [3.05, 3.63) is 72.8 Å². The van der Waals surface area contributed by atoms with Crippen LogP contribution in [0.5, 0.6) is 11.5 Å². The molecule has 3 rings (SSSR count). The van der Waals surface area contributed by atoms with Crippen LogP contribution in [0.2, 0.25) is 0 Å². The van der Waals surface area contributed by atoms with Gasteiger partial charge in [0.2, 0.25) is 0 Å². The number of unbranched alkanes of at least 4 members (excludes halogenated alkanes) is 1. The fraction of sp³-hybridized carbons (Fsp3) is 0.267. The summed E-state index contributed by atoms with van der Waals surface area (Å²) >= 11 is 0. The van der Waals surface area contributed by atoms with Gasteiger partial charge < -0.3 is 30.3 Å². The summed E-state index contributed by atoms with van der Waals surface area (Å²) in [5.74, 6) is -1.81. The van der Waals surface area contributed by atoms with E-state index in [0.29, 0.717) is 36.9 Å². The largest absolute Gasteiger partial charge is 0.481 e. The Hall–Kier alpha value is -4.70. The molecule has 10 heteroatoms. The van der Waals surface area contributed by atoms with Gasteiger partial charge in [0.1, 0.15) is 11.5 Å². The van der Waals surface area contributed by atoms with Gasteiger partial charge in [-0.3, -0.25) is 14.4 Å². The lowest BCUT2D eigenvalue weighted by atomic mass is 9.98. The van der Waals surface area contributed by atoms with Crippen molar-refractivity contribution in [3.63, 3.8) is 0 Å². The third-order valence-electron chi connectivity index (χ3n) is 5.78. The molecule has 210 valence electrons. The highest BCUT2D eigenvalue weighted by Crippen LogP contribution is 2.41. The first-order valence-corrected chi connectivity index (χ1v) is 12.9. The Morgan fingerprint density at radius 1 is 0.650 bits per heavy atom. The molecule has 0 saturated carbocycles. The van der Waals surface area contributed by atoms with Crippen LogP contribution in [0.3, 0.4) is 0 Å². The van der Waals surface area contributed by atoms with Gasteiger partial charge in [0.25, 0.3) is 0 Å². The van der Waals surface area contributed by atoms with Gasteiger partial charge in [-0.25, -0.2) is 4.79 Å². The molecule has 0 unspecified atom stereocenters. The highest BCUT2D eigenvalue weighted by molar-refractivity contribution is 5.86. The number of rotatable bonds is 15. The predicted octanol–water partition coefficient (Wildman–Crippen LogP) is 4.72. The smallest absolute Gasteiger partial charge is 0.412 e. The van der Waals surface area contributed by atoms with E-state index in [-0.39, 0.29) is 37.4 Å². The second kappa shape index (κ2) is 15.6. The molecule has 1 amide bonds. The maximum absolute atomic E-state index is 12.7. The van der Waals surface area contributed by atoms with Gasteiger partial charge in [0.05, 0.1) is 6.54 Å². The Bertz CT molecular complexity index is 1190. The van der Waals surface area contributed by atoms with E-state index in [9.17, 15) is 19.2 Å². The van der Waals surface area contributed by atoms with Crippen molar-refractivity contribution in [1.29, 1.82) is 0 Å². The van der Waals surface area contributed by atoms with E-state index in [1.54, 1.807) is 12.1 Å². The molecule has 0 spiro atoms. The Morgan fingerprint density at radius 2 is 1.23 bits per heavy atom. The first kappa shape index (κ1) is 29.9. The van der Waals surface area contributed by atoms with Gasteiger partial charge in [0, 0.05) is 30.5 Å². The Labute approximate surface area is 231 Å². The molecule has 0 aliphatic rings. The van der Waals surface area contributed by atoms with E-state index < -0.39 is 24.0 Å². The predicted molar refractivity (Wildman–Crippen MR) is 148 cm³/mol. The molecule has 0 radical (unpaired) electrons. The minimum Gasteiger partial charge on any atom is -0.481 e. The molecule has 3 aromatic carbocycles. The molecule has 0 aliphatic heterocycles. The van der Waals surface area contributed by atoms with Crippen molar-refractivity contribution in [2.75, 3.05) is 19.6 Å². The van der Waals surface area contributed by atoms with E-state index in [1.165, 1.54) is 0 Å². The fourth-order valence-electron chi connectivity index (χ4n) is 3.87. The zero-order valence-electron chi connectivity index (χ0n) is 21.9. The lowest BCUT2D eigenvalue weighted by molar-refractivity contribution is -0.137. The Kier molecular flexibility index (Phi) is 11.7. The quantitative estimate of drug-likeness (QED) is 0.120. The van der Waals surface area contributed by atoms with E-state index in [1.807, 2.05) is 60.7 Å². The minimum absolute atomic E-state index is 0.0222. The Balaban J connectivity index is 1.86. The number of ether oxygens (including phenoxy) is 2. The summed E-state index contributed by atoms with van der Waals surface area (Å²) in [6.45, 7) is 0.417. The molecule has 0 aromatic heterocycles. The van der Waals surface area contributed by atoms with Gasteiger partial charge >= 0.3 is 24.0 Å². The summed E-state index contributed by atoms with van der Waals surface area (Å²) in [6, 6.07) is 21.7. The molecule has 4 N–H and O–H groups in total. The average molecular weight is 549 g/mol. The van der Waals surface area contributed by atoms with Gasteiger partial charge in [0.15, 0.2) is 0 Å². The monoisotopic (exact) mass is 548 g/mol. The molecule has 40 heavy (non-hydrogen) atoms. The number of hydrogen-bond acceptors (Lipinski definition) is 7. The summed E-state index contributed by atoms with van der Waals surface area (Å²) in [5.41, 5.74) is 2.56. The van der Waals surface area contributed by atoms with Crippen LogP contribution in [0.15, 0.2) is 72.8 Å². The van der Waals surface area contributed by atoms with Crippen LogP contribution in [0, 0.1) is 0 Å². The van der Waals surface area contributed by atoms with Gasteiger partial charge in [-0.1, -0.05) is 60.7 Å². The van der Waals surface area contributed by atoms with Crippen molar-refractivity contribution in [1.82, 2.24) is 10.6 Å². The number of carbonyl (C=O) groups is 4. The summed E-state index contributed by atoms with van der Waals surface area (Å²) in [6.07, 6.45) is 0.719. The molecule has 0 atom stereocenters. The topological polar surface area (TPSA) is 151 Å². The molecule has 10 nitrogen and oxygen atoms in total. The lowest BCUT2D eigenvalue weighted by Crippen LogP contribution is -2.28. The maximum Gasteiger partial charge on any atom is 0.412 e. The zero-order valence-corrected chi connectivity index (χ0v) is 21.9. The van der Waals surface area contributed by atoms with Crippen molar-refractivity contribution >= 4 is 24.0 Å². The Morgan fingerprint density at radius 3 is 1.77 bits per heavy atom. The van der Waals surface area contributed by atoms with E-state index in [2.05, 4.69) is 10.6 Å². The molecular formula is C30H32N2O8. The molecule has 3 aromatic rings. The number of amides is 1. The number of carbonyl (C=O) groups excluding carboxylic acids is 2. The molecule has 0 aliphatic carbocycles. The average Bonchev–Trinajstić information content (AvgIpc) is 2.94. The SMILES string of the molecule is O=C(O)CCCCNC(=O)Oc1cc(-c2ccccc2)c(OC(=O)CCCNCC(=O)O)cc1-c1ccccc1. The highest BCUT2D eigenvalue weighted by Gasteiger charge is 2.19. The second-order valence-electron chi connectivity index (χ2n) is 8.89. The molecule has 0 bridgehead atoms. The van der Waals surface area contributed by atoms with E-state index in [4.69, 9.17) is 19.7 Å². The number of benzene rings is 3. The van der Waals surface area contributed by atoms with Crippen molar-refractivity contribution in [3.8, 4) is 33.8 Å². The van der Waals surface area contributed by atoms with Crippen molar-refractivity contribution in [2.24, 2.45) is 0 Å². The number of carboxylic acid groups (broad SMARTS) is 2. The number of aliphatic carboxylic acids is 2. The maximum atomic E-state index is 12.7. The fourth-order valence-corrected chi connectivity index (χ4v) is 3.87. The first-order valence-electron chi connectivity index (χ1n) is 12.9. The van der Waals surface area contributed by atoms with Crippen LogP contribution in [-0.2, 0) is 14.4 Å². The van der Waals surface area contributed by atoms with Crippen LogP contribution in [0.4, 0.5) is 4.79 Å². The van der Waals surface area contributed by atoms with Crippen molar-refractivity contribution in [2.45, 2.75) is 32.1 Å². The number of esters is 1. The van der Waals surface area contributed by atoms with Gasteiger partial charge in [-0.2, -0.15) is 0 Å². The van der Waals surface area contributed by atoms with Crippen LogP contribution < -0.4 is 20.1 Å². The number of carboxylic acids is 2. The normalized spacial score (nSPS) is 10.5. The zero-order chi connectivity index (χ0) is 28.7. The van der Waals surface area contributed by atoms with Crippen LogP contribution >= 0.6 is 0 Å². The number of hydrogen-bond donors (Lipinski definition) is 4. The van der Waals surface area contributed by atoms with E-state index in [0.717, 1.165) is 11.1 Å². The summed E-state index contributed by atoms with van der Waals surface area (Å²) in [7, 11) is 0. The van der Waals surface area contributed by atoms with Crippen LogP contribution in [0.1, 0.15) is 32.1 Å². The van der Waals surface area contributed by atoms with Gasteiger partial charge in [-0.15, -0.1) is 0 Å². The third kappa shape index (κ3) is 9.88. The minimum atomic E-state index is -0.974. The molecule has 0 saturated heterocycles. The molecule has 0 fully saturated rings. The van der Waals surface area contributed by atoms with E-state index >= 15 is 0 Å². The third-order valence-corrected chi connectivity index (χ3v) is 5.78. The summed E-state index contributed by atoms with van der Waals surface area (Å²) < 4.78 is 11.5. The molecule has 0 heterocycles. The number of nitrogens with one attached hydrogen (secondary N) is 2. The van der Waals surface area contributed by atoms with Crippen LogP contribution in [-0.4, -0.2) is 53.8 Å². The van der Waals surface area contributed by atoms with Crippen LogP contribution in [0.25, 0.3) is 22.3 Å². The molecular weight excluding hydrogens is 516 g/mol. The second-order valence-corrected chi connectivity index (χ2v) is 8.89. The van der Waals surface area contributed by atoms with Crippen molar-refractivity contribution < 1.29 is 38.9 Å².